The van der Waals surface area contributed by atoms with Crippen LogP contribution >= 0.6 is 0 Å². The zero-order valence-corrected chi connectivity index (χ0v) is 19.4. The van der Waals surface area contributed by atoms with E-state index >= 15 is 0 Å². The first-order valence-corrected chi connectivity index (χ1v) is 12.0. The number of pyridine rings is 1. The highest BCUT2D eigenvalue weighted by molar-refractivity contribution is 5.89. The van der Waals surface area contributed by atoms with Crippen LogP contribution in [0.2, 0.25) is 0 Å². The molecule has 1 saturated carbocycles. The minimum atomic E-state index is -0.0951. The number of hydrogen-bond donors (Lipinski definition) is 1. The SMILES string of the molecule is CCOc1ccc(NC(=O)N2CCN(c3ccc(-c4noc(C5CCCC5)n4)cn3)CC2)cc1. The van der Waals surface area contributed by atoms with E-state index in [1.807, 2.05) is 48.2 Å². The normalized spacial score (nSPS) is 16.6. The van der Waals surface area contributed by atoms with Crippen molar-refractivity contribution < 1.29 is 14.1 Å². The summed E-state index contributed by atoms with van der Waals surface area (Å²) in [6.45, 7) is 5.25. The molecule has 0 radical (unpaired) electrons. The number of benzene rings is 1. The summed E-state index contributed by atoms with van der Waals surface area (Å²) in [7, 11) is 0. The zero-order chi connectivity index (χ0) is 23.3. The van der Waals surface area contributed by atoms with Crippen LogP contribution in [0.5, 0.6) is 5.75 Å². The molecule has 1 saturated heterocycles. The third kappa shape index (κ3) is 4.98. The third-order valence-corrected chi connectivity index (χ3v) is 6.46. The van der Waals surface area contributed by atoms with Gasteiger partial charge in [-0.3, -0.25) is 0 Å². The second kappa shape index (κ2) is 10.1. The summed E-state index contributed by atoms with van der Waals surface area (Å²) >= 11 is 0. The maximum absolute atomic E-state index is 12.6. The predicted octanol–water partition coefficient (Wildman–Crippen LogP) is 4.54. The number of aromatic nitrogens is 3. The number of hydrogen-bond acceptors (Lipinski definition) is 7. The van der Waals surface area contributed by atoms with E-state index in [1.165, 1.54) is 12.8 Å². The number of nitrogens with one attached hydrogen (secondary N) is 1. The molecule has 9 heteroatoms. The molecule has 2 aliphatic rings. The van der Waals surface area contributed by atoms with Gasteiger partial charge in [-0.25, -0.2) is 9.78 Å². The summed E-state index contributed by atoms with van der Waals surface area (Å²) in [6.07, 6.45) is 6.51. The van der Waals surface area contributed by atoms with Crippen LogP contribution in [-0.2, 0) is 0 Å². The first kappa shape index (κ1) is 22.2. The van der Waals surface area contributed by atoms with E-state index in [1.54, 1.807) is 6.20 Å². The Morgan fingerprint density at radius 1 is 1.09 bits per heavy atom. The van der Waals surface area contributed by atoms with Crippen molar-refractivity contribution in [2.75, 3.05) is 43.0 Å². The fraction of sp³-hybridized carbons (Fsp3) is 0.440. The Hall–Kier alpha value is -3.62. The van der Waals surface area contributed by atoms with Crippen LogP contribution in [0.1, 0.15) is 44.4 Å². The van der Waals surface area contributed by atoms with Gasteiger partial charge in [0.2, 0.25) is 11.7 Å². The molecular formula is C25H30N6O3. The van der Waals surface area contributed by atoms with E-state index in [0.717, 1.165) is 54.6 Å². The molecule has 0 unspecified atom stereocenters. The molecule has 0 spiro atoms. The molecular weight excluding hydrogens is 432 g/mol. The van der Waals surface area contributed by atoms with Crippen LogP contribution in [-0.4, -0.2) is 58.8 Å². The van der Waals surface area contributed by atoms with E-state index in [9.17, 15) is 4.79 Å². The van der Waals surface area contributed by atoms with Crippen LogP contribution in [0.25, 0.3) is 11.4 Å². The molecule has 0 bridgehead atoms. The molecule has 178 valence electrons. The van der Waals surface area contributed by atoms with Crippen LogP contribution in [0.4, 0.5) is 16.3 Å². The maximum atomic E-state index is 12.6. The number of piperazine rings is 1. The molecule has 2 fully saturated rings. The Labute approximate surface area is 199 Å². The van der Waals surface area contributed by atoms with Crippen molar-refractivity contribution in [3.63, 3.8) is 0 Å². The Morgan fingerprint density at radius 3 is 2.53 bits per heavy atom. The highest BCUT2D eigenvalue weighted by Gasteiger charge is 2.24. The Kier molecular flexibility index (Phi) is 6.60. The van der Waals surface area contributed by atoms with Crippen LogP contribution in [0.15, 0.2) is 47.1 Å². The lowest BCUT2D eigenvalue weighted by atomic mass is 10.1. The molecule has 0 atom stereocenters. The van der Waals surface area contributed by atoms with Crippen LogP contribution in [0.3, 0.4) is 0 Å². The van der Waals surface area contributed by atoms with Gasteiger partial charge in [0.05, 0.1) is 6.61 Å². The van der Waals surface area contributed by atoms with E-state index in [4.69, 9.17) is 9.26 Å². The molecule has 1 aromatic carbocycles. The van der Waals surface area contributed by atoms with E-state index in [2.05, 4.69) is 25.3 Å². The number of anilines is 2. The van der Waals surface area contributed by atoms with Crippen molar-refractivity contribution in [1.82, 2.24) is 20.0 Å². The van der Waals surface area contributed by atoms with Gasteiger partial charge in [-0.15, -0.1) is 0 Å². The molecule has 9 nitrogen and oxygen atoms in total. The van der Waals surface area contributed by atoms with Gasteiger partial charge in [-0.1, -0.05) is 18.0 Å². The van der Waals surface area contributed by atoms with Gasteiger partial charge in [-0.2, -0.15) is 4.98 Å². The number of urea groups is 1. The second-order valence-corrected chi connectivity index (χ2v) is 8.70. The van der Waals surface area contributed by atoms with Crippen LogP contribution < -0.4 is 15.0 Å². The fourth-order valence-electron chi connectivity index (χ4n) is 4.54. The van der Waals surface area contributed by atoms with Gasteiger partial charge in [-0.05, 0) is 56.2 Å². The van der Waals surface area contributed by atoms with Crippen molar-refractivity contribution in [2.45, 2.75) is 38.5 Å². The number of nitrogens with zero attached hydrogens (tertiary/aromatic N) is 5. The number of amides is 2. The lowest BCUT2D eigenvalue weighted by Crippen LogP contribution is -2.50. The van der Waals surface area contributed by atoms with E-state index in [0.29, 0.717) is 31.4 Å². The summed E-state index contributed by atoms with van der Waals surface area (Å²) < 4.78 is 10.9. The topological polar surface area (TPSA) is 96.6 Å². The molecule has 34 heavy (non-hydrogen) atoms. The summed E-state index contributed by atoms with van der Waals surface area (Å²) in [5.41, 5.74) is 1.61. The average molecular weight is 463 g/mol. The molecule has 5 rings (SSSR count). The van der Waals surface area contributed by atoms with Crippen molar-refractivity contribution in [2.24, 2.45) is 0 Å². The predicted molar refractivity (Wildman–Crippen MR) is 129 cm³/mol. The minimum Gasteiger partial charge on any atom is -0.494 e. The standard InChI is InChI=1S/C25H30N6O3/c1-2-33-21-10-8-20(9-11-21)27-25(32)31-15-13-30(14-16-31)22-12-7-19(17-26-22)23-28-24(34-29-23)18-5-3-4-6-18/h7-12,17-18H,2-6,13-16H2,1H3,(H,27,32). The second-order valence-electron chi connectivity index (χ2n) is 8.70. The smallest absolute Gasteiger partial charge is 0.321 e. The Morgan fingerprint density at radius 2 is 1.85 bits per heavy atom. The summed E-state index contributed by atoms with van der Waals surface area (Å²) in [5.74, 6) is 3.42. The van der Waals surface area contributed by atoms with Gasteiger partial charge >= 0.3 is 6.03 Å². The number of ether oxygens (including phenoxy) is 1. The van der Waals surface area contributed by atoms with Gasteiger partial charge in [0.1, 0.15) is 11.6 Å². The maximum Gasteiger partial charge on any atom is 0.321 e. The van der Waals surface area contributed by atoms with Gasteiger partial charge in [0.25, 0.3) is 0 Å². The molecule has 1 aliphatic heterocycles. The highest BCUT2D eigenvalue weighted by Crippen LogP contribution is 2.34. The summed E-state index contributed by atoms with van der Waals surface area (Å²) in [5, 5.41) is 7.11. The van der Waals surface area contributed by atoms with Gasteiger partial charge in [0.15, 0.2) is 0 Å². The molecule has 1 N–H and O–H groups in total. The highest BCUT2D eigenvalue weighted by atomic mass is 16.5. The monoisotopic (exact) mass is 462 g/mol. The lowest BCUT2D eigenvalue weighted by molar-refractivity contribution is 0.208. The molecule has 3 aromatic rings. The Balaban J connectivity index is 1.13. The average Bonchev–Trinajstić information content (AvgIpc) is 3.58. The molecule has 1 aliphatic carbocycles. The first-order valence-electron chi connectivity index (χ1n) is 12.0. The minimum absolute atomic E-state index is 0.0951. The fourth-order valence-corrected chi connectivity index (χ4v) is 4.54. The number of carbonyl (C=O) groups is 1. The quantitative estimate of drug-likeness (QED) is 0.574. The van der Waals surface area contributed by atoms with E-state index in [-0.39, 0.29) is 6.03 Å². The van der Waals surface area contributed by atoms with Crippen molar-refractivity contribution in [3.05, 3.63) is 48.5 Å². The largest absolute Gasteiger partial charge is 0.494 e. The molecule has 3 heterocycles. The van der Waals surface area contributed by atoms with E-state index < -0.39 is 0 Å². The van der Waals surface area contributed by atoms with Crippen molar-refractivity contribution >= 4 is 17.5 Å². The number of carbonyl (C=O) groups excluding carboxylic acids is 1. The van der Waals surface area contributed by atoms with Gasteiger partial charge in [0, 0.05) is 49.5 Å². The van der Waals surface area contributed by atoms with Crippen LogP contribution in [0, 0.1) is 0 Å². The lowest BCUT2D eigenvalue weighted by Gasteiger charge is -2.35. The third-order valence-electron chi connectivity index (χ3n) is 6.46. The summed E-state index contributed by atoms with van der Waals surface area (Å²) in [6, 6.07) is 11.3. The first-order chi connectivity index (χ1) is 16.7. The molecule has 2 amide bonds. The molecule has 2 aromatic heterocycles. The van der Waals surface area contributed by atoms with Crippen molar-refractivity contribution in [1.29, 1.82) is 0 Å². The zero-order valence-electron chi connectivity index (χ0n) is 19.4. The van der Waals surface area contributed by atoms with Crippen molar-refractivity contribution in [3.8, 4) is 17.1 Å². The summed E-state index contributed by atoms with van der Waals surface area (Å²) in [4.78, 5) is 25.9. The van der Waals surface area contributed by atoms with Gasteiger partial charge < -0.3 is 24.4 Å². The number of rotatable bonds is 6. The Bertz CT molecular complexity index is 1080.